The van der Waals surface area contributed by atoms with Gasteiger partial charge in [0.05, 0.1) is 5.56 Å². The molecule has 0 radical (unpaired) electrons. The van der Waals surface area contributed by atoms with Gasteiger partial charge >= 0.3 is 0 Å². The number of hydrogen-bond donors (Lipinski definition) is 1. The molecule has 2 aromatic heterocycles. The number of halogens is 2. The Balaban J connectivity index is 1.71. The van der Waals surface area contributed by atoms with Crippen molar-refractivity contribution in [3.63, 3.8) is 0 Å². The summed E-state index contributed by atoms with van der Waals surface area (Å²) >= 11 is 0. The maximum atomic E-state index is 14.4. The van der Waals surface area contributed by atoms with Gasteiger partial charge in [0.25, 0.3) is 0 Å². The van der Waals surface area contributed by atoms with E-state index >= 15 is 0 Å². The van der Waals surface area contributed by atoms with E-state index < -0.39 is 17.7 Å². The van der Waals surface area contributed by atoms with E-state index in [0.29, 0.717) is 5.56 Å². The Bertz CT molecular complexity index is 1150. The van der Waals surface area contributed by atoms with E-state index in [0.717, 1.165) is 17.2 Å². The lowest BCUT2D eigenvalue weighted by Gasteiger charge is -2.20. The van der Waals surface area contributed by atoms with Gasteiger partial charge in [-0.25, -0.2) is 18.4 Å². The van der Waals surface area contributed by atoms with Gasteiger partial charge in [-0.1, -0.05) is 30.3 Å². The normalized spacial score (nSPS) is 17.4. The summed E-state index contributed by atoms with van der Waals surface area (Å²) in [5.41, 5.74) is 9.50. The molecule has 0 bridgehead atoms. The van der Waals surface area contributed by atoms with Crippen molar-refractivity contribution in [2.45, 2.75) is 25.4 Å². The highest BCUT2D eigenvalue weighted by Gasteiger charge is 2.27. The van der Waals surface area contributed by atoms with Crippen molar-refractivity contribution in [3.05, 3.63) is 65.9 Å². The van der Waals surface area contributed by atoms with Crippen molar-refractivity contribution in [2.75, 3.05) is 19.8 Å². The van der Waals surface area contributed by atoms with Gasteiger partial charge in [0, 0.05) is 17.8 Å². The van der Waals surface area contributed by atoms with Crippen molar-refractivity contribution in [2.24, 2.45) is 0 Å². The van der Waals surface area contributed by atoms with Crippen molar-refractivity contribution in [1.29, 1.82) is 0 Å². The van der Waals surface area contributed by atoms with Gasteiger partial charge in [-0.15, -0.1) is 5.10 Å². The number of rotatable bonds is 5. The molecule has 160 valence electrons. The fourth-order valence-corrected chi connectivity index (χ4v) is 3.50. The number of nitrogen functional groups attached to an aromatic ring is 1. The smallest absolute Gasteiger partial charge is 0.186 e. The second-order valence-corrected chi connectivity index (χ2v) is 7.72. The minimum atomic E-state index is -0.968. The Kier molecular flexibility index (Phi) is 5.60. The average molecular weight is 423 g/mol. The molecule has 2 heterocycles. The summed E-state index contributed by atoms with van der Waals surface area (Å²) in [6, 6.07) is 9.29. The number of pyridine rings is 1. The quantitative estimate of drug-likeness (QED) is 0.660. The molecule has 0 amide bonds. The highest BCUT2D eigenvalue weighted by molar-refractivity contribution is 5.76. The van der Waals surface area contributed by atoms with E-state index in [-0.39, 0.29) is 24.1 Å². The molecule has 1 aliphatic rings. The highest BCUT2D eigenvalue weighted by atomic mass is 19.2. The Morgan fingerprint density at radius 2 is 1.90 bits per heavy atom. The van der Waals surface area contributed by atoms with Gasteiger partial charge in [0.2, 0.25) is 0 Å². The molecule has 1 aliphatic carbocycles. The Labute approximate surface area is 178 Å². The lowest BCUT2D eigenvalue weighted by Crippen LogP contribution is -2.16. The van der Waals surface area contributed by atoms with E-state index in [9.17, 15) is 8.78 Å². The SMILES string of the molecule is C[C@H](c1ccc(-c2cnc(N)c(-c3nnnn3C3CC=CC(F)=C3F)c2)cc1)N(C)C. The lowest BCUT2D eigenvalue weighted by molar-refractivity contribution is 0.321. The zero-order valence-corrected chi connectivity index (χ0v) is 17.5. The van der Waals surface area contributed by atoms with Crippen LogP contribution in [0.1, 0.15) is 31.0 Å². The van der Waals surface area contributed by atoms with Gasteiger partial charge in [-0.3, -0.25) is 0 Å². The Hall–Kier alpha value is -3.46. The molecule has 0 spiro atoms. The molecule has 31 heavy (non-hydrogen) atoms. The summed E-state index contributed by atoms with van der Waals surface area (Å²) < 4.78 is 29.4. The first-order valence-electron chi connectivity index (χ1n) is 9.89. The first-order valence-corrected chi connectivity index (χ1v) is 9.89. The third-order valence-electron chi connectivity index (χ3n) is 5.59. The zero-order valence-electron chi connectivity index (χ0n) is 17.5. The van der Waals surface area contributed by atoms with E-state index in [1.54, 1.807) is 12.3 Å². The van der Waals surface area contributed by atoms with Crippen LogP contribution in [0.3, 0.4) is 0 Å². The maximum Gasteiger partial charge on any atom is 0.186 e. The van der Waals surface area contributed by atoms with Crippen LogP contribution in [0.4, 0.5) is 14.6 Å². The van der Waals surface area contributed by atoms with Crippen LogP contribution in [-0.4, -0.2) is 44.2 Å². The Morgan fingerprint density at radius 3 is 2.61 bits per heavy atom. The van der Waals surface area contributed by atoms with Crippen LogP contribution in [0.15, 0.2) is 60.3 Å². The molecule has 1 aromatic carbocycles. The standard InChI is InChI=1S/C22H23F2N7/c1-13(30(2)3)14-7-9-15(10-8-14)16-11-17(21(25)26-12-16)22-27-28-29-31(22)19-6-4-5-18(23)20(19)24/h4-5,7-13,19H,6H2,1-3H3,(H2,25,26)/t13-,19?/m1/s1. The molecule has 2 N–H and O–H groups in total. The zero-order chi connectivity index (χ0) is 22.1. The molecule has 1 unspecified atom stereocenters. The predicted molar refractivity (Wildman–Crippen MR) is 115 cm³/mol. The van der Waals surface area contributed by atoms with E-state index in [2.05, 4.69) is 44.5 Å². The van der Waals surface area contributed by atoms with Crippen molar-refractivity contribution < 1.29 is 8.78 Å². The maximum absolute atomic E-state index is 14.4. The third kappa shape index (κ3) is 3.96. The molecule has 0 saturated heterocycles. The molecule has 9 heteroatoms. The molecule has 0 fully saturated rings. The van der Waals surface area contributed by atoms with Gasteiger partial charge in [-0.05, 0) is 61.1 Å². The van der Waals surface area contributed by atoms with Gasteiger partial charge in [0.15, 0.2) is 17.5 Å². The fraction of sp³-hybridized carbons (Fsp3) is 0.273. The summed E-state index contributed by atoms with van der Waals surface area (Å²) in [6.45, 7) is 2.13. The molecular formula is C22H23F2N7. The molecule has 0 aliphatic heterocycles. The third-order valence-corrected chi connectivity index (χ3v) is 5.59. The van der Waals surface area contributed by atoms with Crippen molar-refractivity contribution >= 4 is 5.82 Å². The summed E-state index contributed by atoms with van der Waals surface area (Å²) in [4.78, 5) is 6.42. The largest absolute Gasteiger partial charge is 0.383 e. The van der Waals surface area contributed by atoms with E-state index in [1.807, 2.05) is 32.3 Å². The number of hydrogen-bond acceptors (Lipinski definition) is 6. The van der Waals surface area contributed by atoms with Crippen molar-refractivity contribution in [1.82, 2.24) is 30.1 Å². The van der Waals surface area contributed by atoms with Gasteiger partial charge in [0.1, 0.15) is 11.9 Å². The van der Waals surface area contributed by atoms with Crippen LogP contribution in [0, 0.1) is 0 Å². The summed E-state index contributed by atoms with van der Waals surface area (Å²) in [5, 5.41) is 11.6. The molecule has 2 atom stereocenters. The number of aromatic nitrogens is 5. The number of nitrogens with zero attached hydrogens (tertiary/aromatic N) is 6. The van der Waals surface area contributed by atoms with Crippen LogP contribution in [0.5, 0.6) is 0 Å². The van der Waals surface area contributed by atoms with Crippen LogP contribution < -0.4 is 5.73 Å². The second-order valence-electron chi connectivity index (χ2n) is 7.72. The predicted octanol–water partition coefficient (Wildman–Crippen LogP) is 4.26. The van der Waals surface area contributed by atoms with E-state index in [1.165, 1.54) is 10.2 Å². The van der Waals surface area contributed by atoms with Gasteiger partial charge in [-0.2, -0.15) is 0 Å². The van der Waals surface area contributed by atoms with Crippen LogP contribution >= 0.6 is 0 Å². The second kappa shape index (κ2) is 8.35. The number of benzene rings is 1. The fourth-order valence-electron chi connectivity index (χ4n) is 3.50. The topological polar surface area (TPSA) is 85.7 Å². The lowest BCUT2D eigenvalue weighted by atomic mass is 10.0. The molecule has 3 aromatic rings. The molecule has 7 nitrogen and oxygen atoms in total. The minimum Gasteiger partial charge on any atom is -0.383 e. The van der Waals surface area contributed by atoms with Crippen LogP contribution in [-0.2, 0) is 0 Å². The average Bonchev–Trinajstić information content (AvgIpc) is 3.25. The Morgan fingerprint density at radius 1 is 1.16 bits per heavy atom. The first-order chi connectivity index (χ1) is 14.9. The van der Waals surface area contributed by atoms with Gasteiger partial charge < -0.3 is 10.6 Å². The van der Waals surface area contributed by atoms with Crippen LogP contribution in [0.2, 0.25) is 0 Å². The molecular weight excluding hydrogens is 400 g/mol. The number of anilines is 1. The number of nitrogens with two attached hydrogens (primary N) is 1. The number of tetrazole rings is 1. The summed E-state index contributed by atoms with van der Waals surface area (Å²) in [7, 11) is 4.07. The minimum absolute atomic E-state index is 0.203. The summed E-state index contributed by atoms with van der Waals surface area (Å²) in [6.07, 6.45) is 4.55. The summed E-state index contributed by atoms with van der Waals surface area (Å²) in [5.74, 6) is -1.41. The highest BCUT2D eigenvalue weighted by Crippen LogP contribution is 2.35. The molecule has 0 saturated carbocycles. The monoisotopic (exact) mass is 423 g/mol. The van der Waals surface area contributed by atoms with Crippen LogP contribution in [0.25, 0.3) is 22.5 Å². The molecule has 4 rings (SSSR count). The van der Waals surface area contributed by atoms with E-state index in [4.69, 9.17) is 5.73 Å². The number of allylic oxidation sites excluding steroid dienone is 4. The van der Waals surface area contributed by atoms with Crippen molar-refractivity contribution in [3.8, 4) is 22.5 Å². The first kappa shape index (κ1) is 20.8.